The van der Waals surface area contributed by atoms with Gasteiger partial charge in [-0.05, 0) is 34.4 Å². The lowest BCUT2D eigenvalue weighted by atomic mass is 9.84. The minimum absolute atomic E-state index is 0.0999. The normalized spacial score (nSPS) is 16.5. The molecule has 7 heteroatoms. The van der Waals surface area contributed by atoms with Crippen LogP contribution in [0.5, 0.6) is 5.75 Å². The van der Waals surface area contributed by atoms with E-state index in [9.17, 15) is 9.59 Å². The number of β-lactam (4-membered cyclic amide) rings is 1. The van der Waals surface area contributed by atoms with Gasteiger partial charge in [-0.3, -0.25) is 4.79 Å². The Kier molecular flexibility index (Phi) is 8.18. The van der Waals surface area contributed by atoms with Gasteiger partial charge < -0.3 is 20.1 Å². The molecule has 2 N–H and O–H groups in total. The predicted octanol–water partition coefficient (Wildman–Crippen LogP) is 5.51. The zero-order chi connectivity index (χ0) is 27.1. The summed E-state index contributed by atoms with van der Waals surface area (Å²) < 4.78 is 10.0. The Morgan fingerprint density at radius 3 is 1.79 bits per heavy atom. The summed E-state index contributed by atoms with van der Waals surface area (Å²) in [5, 5.41) is 5.72. The summed E-state index contributed by atoms with van der Waals surface area (Å²) in [6, 6.07) is 37.5. The van der Waals surface area contributed by atoms with Crippen molar-refractivity contribution >= 4 is 23.8 Å². The molecule has 0 bridgehead atoms. The number of hydrogen-bond acceptors (Lipinski definition) is 5. The fraction of sp³-hybridized carbons (Fsp3) is 0.188. The number of thioether (sulfide) groups is 1. The lowest BCUT2D eigenvalue weighted by molar-refractivity contribution is -0.130. The van der Waals surface area contributed by atoms with Crippen LogP contribution < -0.4 is 15.4 Å². The van der Waals surface area contributed by atoms with Gasteiger partial charge in [0, 0.05) is 5.75 Å². The summed E-state index contributed by atoms with van der Waals surface area (Å²) in [7, 11) is 1.60. The van der Waals surface area contributed by atoms with Crippen molar-refractivity contribution in [3.05, 3.63) is 138 Å². The number of alkyl carbamates (subject to hydrolysis) is 1. The van der Waals surface area contributed by atoms with Gasteiger partial charge in [-0.15, -0.1) is 11.8 Å². The van der Waals surface area contributed by atoms with Gasteiger partial charge in [0.2, 0.25) is 5.91 Å². The molecule has 4 aromatic rings. The Bertz CT molecular complexity index is 1290. The lowest BCUT2D eigenvalue weighted by Crippen LogP contribution is -2.70. The van der Waals surface area contributed by atoms with Crippen molar-refractivity contribution in [2.24, 2.45) is 0 Å². The monoisotopic (exact) mass is 538 g/mol. The number of hydrogen-bond donors (Lipinski definition) is 2. The zero-order valence-corrected chi connectivity index (χ0v) is 22.4. The average molecular weight is 539 g/mol. The molecule has 1 aliphatic rings. The molecule has 0 aromatic heterocycles. The summed E-state index contributed by atoms with van der Waals surface area (Å²) in [5.41, 5.74) is 4.25. The molecule has 1 heterocycles. The fourth-order valence-electron chi connectivity index (χ4n) is 4.77. The summed E-state index contributed by atoms with van der Waals surface area (Å²) >= 11 is 1.74. The highest BCUT2D eigenvalue weighted by atomic mass is 32.2. The molecule has 1 saturated heterocycles. The number of rotatable bonds is 10. The van der Waals surface area contributed by atoms with Crippen molar-refractivity contribution < 1.29 is 19.1 Å². The molecular formula is C32H30N2O4S. The Hall–Kier alpha value is -4.23. The van der Waals surface area contributed by atoms with Gasteiger partial charge >= 0.3 is 6.09 Å². The molecule has 0 radical (unpaired) electrons. The summed E-state index contributed by atoms with van der Waals surface area (Å²) in [6.07, 6.45) is -0.624. The molecule has 2 unspecified atom stereocenters. The average Bonchev–Trinajstić information content (AvgIpc) is 3.00. The van der Waals surface area contributed by atoms with Gasteiger partial charge in [-0.25, -0.2) is 4.79 Å². The third kappa shape index (κ3) is 5.78. The van der Waals surface area contributed by atoms with Crippen LogP contribution in [-0.2, 0) is 20.9 Å². The first-order valence-electron chi connectivity index (χ1n) is 12.8. The first-order chi connectivity index (χ1) is 19.1. The molecule has 1 aliphatic heterocycles. The van der Waals surface area contributed by atoms with Gasteiger partial charge in [-0.1, -0.05) is 103 Å². The summed E-state index contributed by atoms with van der Waals surface area (Å²) in [5.74, 6) is 1.09. The Morgan fingerprint density at radius 2 is 1.33 bits per heavy atom. The van der Waals surface area contributed by atoms with Crippen molar-refractivity contribution in [3.63, 3.8) is 0 Å². The van der Waals surface area contributed by atoms with E-state index in [0.717, 1.165) is 28.0 Å². The molecule has 2 amide bonds. The molecule has 2 atom stereocenters. The van der Waals surface area contributed by atoms with Gasteiger partial charge in [0.15, 0.2) is 0 Å². The van der Waals surface area contributed by atoms with E-state index in [1.165, 1.54) is 0 Å². The highest BCUT2D eigenvalue weighted by Gasteiger charge is 2.44. The Morgan fingerprint density at radius 1 is 0.821 bits per heavy atom. The molecule has 0 saturated carbocycles. The highest BCUT2D eigenvalue weighted by Crippen LogP contribution is 2.48. The molecule has 198 valence electrons. The van der Waals surface area contributed by atoms with Crippen molar-refractivity contribution in [1.29, 1.82) is 0 Å². The smallest absolute Gasteiger partial charge is 0.408 e. The maximum absolute atomic E-state index is 12.6. The molecule has 4 aromatic carbocycles. The van der Waals surface area contributed by atoms with Gasteiger partial charge in [-0.2, -0.15) is 0 Å². The van der Waals surface area contributed by atoms with Crippen LogP contribution in [0.4, 0.5) is 4.79 Å². The molecule has 0 spiro atoms. The number of ether oxygens (including phenoxy) is 2. The third-order valence-corrected chi connectivity index (χ3v) is 8.50. The number of amides is 2. The van der Waals surface area contributed by atoms with E-state index in [1.807, 2.05) is 78.9 Å². The molecule has 6 nitrogen and oxygen atoms in total. The Balaban J connectivity index is 1.32. The van der Waals surface area contributed by atoms with E-state index in [-0.39, 0.29) is 18.6 Å². The molecule has 0 aliphatic carbocycles. The van der Waals surface area contributed by atoms with E-state index >= 15 is 0 Å². The van der Waals surface area contributed by atoms with Crippen LogP contribution in [0.25, 0.3) is 0 Å². The second-order valence-electron chi connectivity index (χ2n) is 9.25. The number of carbonyl (C=O) groups is 2. The third-order valence-electron chi connectivity index (χ3n) is 6.84. The minimum atomic E-state index is -0.666. The zero-order valence-electron chi connectivity index (χ0n) is 21.6. The quantitative estimate of drug-likeness (QED) is 0.206. The van der Waals surface area contributed by atoms with Crippen molar-refractivity contribution in [2.75, 3.05) is 12.9 Å². The lowest BCUT2D eigenvalue weighted by Gasteiger charge is -2.41. The van der Waals surface area contributed by atoms with Crippen molar-refractivity contribution in [1.82, 2.24) is 10.6 Å². The maximum atomic E-state index is 12.6. The van der Waals surface area contributed by atoms with E-state index in [4.69, 9.17) is 9.47 Å². The Labute approximate surface area is 232 Å². The first kappa shape index (κ1) is 26.4. The molecule has 39 heavy (non-hydrogen) atoms. The number of carbonyl (C=O) groups excluding carboxylic acids is 2. The van der Waals surface area contributed by atoms with Crippen LogP contribution in [0.1, 0.15) is 22.3 Å². The topological polar surface area (TPSA) is 76.7 Å². The SMILES string of the molecule is COc1ccc(COC(=O)NC2C(=O)NC2CSC(c2ccccc2)(c2ccccc2)c2ccccc2)cc1. The molecule has 5 rings (SSSR count). The number of benzene rings is 4. The van der Waals surface area contributed by atoms with Gasteiger partial charge in [0.05, 0.1) is 17.9 Å². The maximum Gasteiger partial charge on any atom is 0.408 e. The van der Waals surface area contributed by atoms with Crippen molar-refractivity contribution in [3.8, 4) is 5.75 Å². The van der Waals surface area contributed by atoms with Crippen LogP contribution in [0.2, 0.25) is 0 Å². The van der Waals surface area contributed by atoms with E-state index < -0.39 is 16.9 Å². The fourth-order valence-corrected chi connectivity index (χ4v) is 6.38. The number of nitrogens with one attached hydrogen (secondary N) is 2. The van der Waals surface area contributed by atoms with E-state index in [2.05, 4.69) is 47.0 Å². The van der Waals surface area contributed by atoms with Gasteiger partial charge in [0.1, 0.15) is 18.4 Å². The van der Waals surface area contributed by atoms with E-state index in [0.29, 0.717) is 5.75 Å². The molecule has 1 fully saturated rings. The van der Waals surface area contributed by atoms with Crippen LogP contribution in [-0.4, -0.2) is 36.9 Å². The summed E-state index contributed by atoms with van der Waals surface area (Å²) in [4.78, 5) is 25.0. The van der Waals surface area contributed by atoms with Crippen LogP contribution in [0.3, 0.4) is 0 Å². The van der Waals surface area contributed by atoms with Crippen LogP contribution in [0.15, 0.2) is 115 Å². The van der Waals surface area contributed by atoms with Gasteiger partial charge in [0.25, 0.3) is 0 Å². The predicted molar refractivity (Wildman–Crippen MR) is 154 cm³/mol. The minimum Gasteiger partial charge on any atom is -0.497 e. The van der Waals surface area contributed by atoms with Crippen LogP contribution in [0, 0.1) is 0 Å². The molecular weight excluding hydrogens is 508 g/mol. The van der Waals surface area contributed by atoms with Crippen LogP contribution >= 0.6 is 11.8 Å². The van der Waals surface area contributed by atoms with E-state index in [1.54, 1.807) is 18.9 Å². The highest BCUT2D eigenvalue weighted by molar-refractivity contribution is 8.00. The van der Waals surface area contributed by atoms with Crippen molar-refractivity contribution in [2.45, 2.75) is 23.4 Å². The second kappa shape index (κ2) is 12.1. The number of methoxy groups -OCH3 is 1. The first-order valence-corrected chi connectivity index (χ1v) is 13.8. The largest absolute Gasteiger partial charge is 0.497 e. The standard InChI is InChI=1S/C32H30N2O4S/c1-37-27-19-17-23(18-20-27)21-38-31(36)34-29-28(33-30(29)35)22-39-32(24-11-5-2-6-12-24,25-13-7-3-8-14-25)26-15-9-4-10-16-26/h2-20,28-29H,21-22H2,1H3,(H,33,35)(H,34,36). The summed E-state index contributed by atoms with van der Waals surface area (Å²) in [6.45, 7) is 0.0999. The second-order valence-corrected chi connectivity index (χ2v) is 10.5.